The van der Waals surface area contributed by atoms with Gasteiger partial charge in [0.2, 0.25) is 17.7 Å². The summed E-state index contributed by atoms with van der Waals surface area (Å²) in [5.41, 5.74) is 0. The van der Waals surface area contributed by atoms with Crippen molar-refractivity contribution in [2.24, 2.45) is 0 Å². The molecule has 2 aliphatic rings. The number of hydrogen-bond donors (Lipinski definition) is 1. The molecule has 1 N–H and O–H groups in total. The molecule has 37 heavy (non-hydrogen) atoms. The molecule has 10 nitrogen and oxygen atoms in total. The largest absolute Gasteiger partial charge is 0.481 e. The highest BCUT2D eigenvalue weighted by Crippen LogP contribution is 2.32. The van der Waals surface area contributed by atoms with E-state index in [1.165, 1.54) is 6.26 Å². The summed E-state index contributed by atoms with van der Waals surface area (Å²) in [6.45, 7) is 3.38. The van der Waals surface area contributed by atoms with E-state index in [-0.39, 0.29) is 12.7 Å². The number of aromatic nitrogens is 4. The Morgan fingerprint density at radius 1 is 1.00 bits per heavy atom. The smallest absolute Gasteiger partial charge is 0.232 e. The van der Waals surface area contributed by atoms with E-state index in [2.05, 4.69) is 49.4 Å². The molecule has 3 aromatic heterocycles. The van der Waals surface area contributed by atoms with E-state index in [0.29, 0.717) is 23.6 Å². The van der Waals surface area contributed by atoms with Crippen LogP contribution in [0.4, 0.5) is 11.8 Å². The molecule has 1 aromatic carbocycles. The number of oxazole rings is 1. The van der Waals surface area contributed by atoms with Crippen LogP contribution in [0.1, 0.15) is 31.6 Å². The van der Waals surface area contributed by atoms with E-state index in [1.54, 1.807) is 18.6 Å². The van der Waals surface area contributed by atoms with Gasteiger partial charge in [-0.05, 0) is 43.2 Å². The Balaban J connectivity index is 1.05. The van der Waals surface area contributed by atoms with E-state index in [9.17, 15) is 0 Å². The first kappa shape index (κ1) is 23.5. The average molecular weight is 503 g/mol. The van der Waals surface area contributed by atoms with E-state index in [1.807, 2.05) is 6.07 Å². The summed E-state index contributed by atoms with van der Waals surface area (Å²) in [4.78, 5) is 20.0. The molecule has 2 fully saturated rings. The Kier molecular flexibility index (Phi) is 6.98. The summed E-state index contributed by atoms with van der Waals surface area (Å²) in [5.74, 6) is 3.35. The van der Waals surface area contributed by atoms with Crippen molar-refractivity contribution in [3.8, 4) is 11.6 Å². The van der Waals surface area contributed by atoms with Crippen LogP contribution >= 0.6 is 0 Å². The Bertz CT molecular complexity index is 1290. The molecule has 0 radical (unpaired) electrons. The standard InChI is InChI=1S/C27H30N6O4/c1-2-4-23-19(3-1)15-24(33-10-13-34-14-11-33)32-26(23)37-21-7-5-20(6-8-21)31-27-29-16-22(17-30-27)36-18-25-28-9-12-35-25/h1-4,9,12,15-17,20-21H,5-8,10-11,13-14,18H2,(H,29,30,31)/t20-,21+. The van der Waals surface area contributed by atoms with Crippen molar-refractivity contribution >= 4 is 22.5 Å². The average Bonchev–Trinajstić information content (AvgIpc) is 3.48. The van der Waals surface area contributed by atoms with Crippen LogP contribution < -0.4 is 19.7 Å². The highest BCUT2D eigenvalue weighted by atomic mass is 16.5. The van der Waals surface area contributed by atoms with Crippen LogP contribution in [0.2, 0.25) is 0 Å². The van der Waals surface area contributed by atoms with Crippen molar-refractivity contribution < 1.29 is 18.6 Å². The summed E-state index contributed by atoms with van der Waals surface area (Å²) in [6.07, 6.45) is 10.4. The topological polar surface area (TPSA) is 108 Å². The number of pyridine rings is 1. The van der Waals surface area contributed by atoms with Gasteiger partial charge < -0.3 is 28.8 Å². The maximum atomic E-state index is 6.51. The Morgan fingerprint density at radius 2 is 1.81 bits per heavy atom. The van der Waals surface area contributed by atoms with Gasteiger partial charge in [0.05, 0.1) is 31.8 Å². The first-order chi connectivity index (χ1) is 18.3. The lowest BCUT2D eigenvalue weighted by Gasteiger charge is -2.31. The number of nitrogens with zero attached hydrogens (tertiary/aromatic N) is 5. The fourth-order valence-electron chi connectivity index (χ4n) is 4.80. The van der Waals surface area contributed by atoms with Crippen LogP contribution in [0, 0.1) is 0 Å². The molecular formula is C27H30N6O4. The predicted molar refractivity (Wildman–Crippen MR) is 138 cm³/mol. The lowest BCUT2D eigenvalue weighted by atomic mass is 9.93. The molecule has 1 saturated carbocycles. The third-order valence-electron chi connectivity index (χ3n) is 6.79. The lowest BCUT2D eigenvalue weighted by molar-refractivity contribution is 0.122. The van der Waals surface area contributed by atoms with Gasteiger partial charge >= 0.3 is 0 Å². The summed E-state index contributed by atoms with van der Waals surface area (Å²) < 4.78 is 22.8. The second kappa shape index (κ2) is 11.0. The minimum atomic E-state index is 0.126. The van der Waals surface area contributed by atoms with Gasteiger partial charge in [-0.25, -0.2) is 15.0 Å². The Hall–Kier alpha value is -3.92. The van der Waals surface area contributed by atoms with Crippen LogP contribution in [-0.2, 0) is 11.3 Å². The minimum Gasteiger partial charge on any atom is -0.481 e. The summed E-state index contributed by atoms with van der Waals surface area (Å²) >= 11 is 0. The predicted octanol–water partition coefficient (Wildman–Crippen LogP) is 4.23. The van der Waals surface area contributed by atoms with Gasteiger partial charge in [0.25, 0.3) is 0 Å². The van der Waals surface area contributed by atoms with Gasteiger partial charge in [-0.1, -0.05) is 18.2 Å². The molecule has 4 aromatic rings. The second-order valence-electron chi connectivity index (χ2n) is 9.30. The number of nitrogens with one attached hydrogen (secondary N) is 1. The number of rotatable bonds is 8. The molecule has 0 atom stereocenters. The molecule has 10 heteroatoms. The molecule has 1 saturated heterocycles. The molecule has 0 unspecified atom stereocenters. The number of morpholine rings is 1. The summed E-state index contributed by atoms with van der Waals surface area (Å²) in [5, 5.41) is 5.65. The first-order valence-electron chi connectivity index (χ1n) is 12.8. The van der Waals surface area contributed by atoms with E-state index in [4.69, 9.17) is 23.6 Å². The highest BCUT2D eigenvalue weighted by molar-refractivity contribution is 5.89. The number of fused-ring (bicyclic) bond motifs is 1. The molecule has 192 valence electrons. The van der Waals surface area contributed by atoms with Gasteiger partial charge in [-0.15, -0.1) is 0 Å². The van der Waals surface area contributed by atoms with Crippen LogP contribution in [0.3, 0.4) is 0 Å². The minimum absolute atomic E-state index is 0.126. The molecule has 6 rings (SSSR count). The van der Waals surface area contributed by atoms with Gasteiger partial charge in [0.15, 0.2) is 12.4 Å². The van der Waals surface area contributed by atoms with Crippen molar-refractivity contribution in [1.82, 2.24) is 19.9 Å². The van der Waals surface area contributed by atoms with Crippen LogP contribution in [0.25, 0.3) is 10.8 Å². The van der Waals surface area contributed by atoms with E-state index in [0.717, 1.165) is 74.5 Å². The third-order valence-corrected chi connectivity index (χ3v) is 6.79. The van der Waals surface area contributed by atoms with Crippen LogP contribution in [0.5, 0.6) is 11.6 Å². The van der Waals surface area contributed by atoms with Crippen molar-refractivity contribution in [3.05, 3.63) is 61.1 Å². The maximum absolute atomic E-state index is 6.51. The fourth-order valence-corrected chi connectivity index (χ4v) is 4.80. The van der Waals surface area contributed by atoms with Crippen molar-refractivity contribution in [2.75, 3.05) is 36.5 Å². The normalized spacial score (nSPS) is 20.1. The van der Waals surface area contributed by atoms with Crippen molar-refractivity contribution in [3.63, 3.8) is 0 Å². The molecular weight excluding hydrogens is 472 g/mol. The number of anilines is 2. The van der Waals surface area contributed by atoms with Gasteiger partial charge in [-0.2, -0.15) is 4.98 Å². The van der Waals surface area contributed by atoms with Gasteiger partial charge in [-0.3, -0.25) is 0 Å². The Morgan fingerprint density at radius 3 is 2.59 bits per heavy atom. The summed E-state index contributed by atoms with van der Waals surface area (Å²) in [6, 6.07) is 10.8. The van der Waals surface area contributed by atoms with Crippen LogP contribution in [0.15, 0.2) is 59.6 Å². The quantitative estimate of drug-likeness (QED) is 0.376. The molecule has 4 heterocycles. The van der Waals surface area contributed by atoms with Crippen molar-refractivity contribution in [2.45, 2.75) is 44.4 Å². The second-order valence-corrected chi connectivity index (χ2v) is 9.30. The zero-order valence-corrected chi connectivity index (χ0v) is 20.6. The van der Waals surface area contributed by atoms with Gasteiger partial charge in [0, 0.05) is 24.5 Å². The van der Waals surface area contributed by atoms with E-state index >= 15 is 0 Å². The molecule has 1 aliphatic heterocycles. The van der Waals surface area contributed by atoms with E-state index < -0.39 is 0 Å². The lowest BCUT2D eigenvalue weighted by Crippen LogP contribution is -2.37. The number of benzene rings is 1. The van der Waals surface area contributed by atoms with Crippen LogP contribution in [-0.4, -0.2) is 58.4 Å². The summed E-state index contributed by atoms with van der Waals surface area (Å²) in [7, 11) is 0. The monoisotopic (exact) mass is 502 g/mol. The molecule has 0 spiro atoms. The zero-order valence-electron chi connectivity index (χ0n) is 20.6. The van der Waals surface area contributed by atoms with Crippen molar-refractivity contribution in [1.29, 1.82) is 0 Å². The number of ether oxygens (including phenoxy) is 3. The maximum Gasteiger partial charge on any atom is 0.232 e. The molecule has 1 aliphatic carbocycles. The third kappa shape index (κ3) is 5.75. The van der Waals surface area contributed by atoms with Gasteiger partial charge in [0.1, 0.15) is 18.2 Å². The fraction of sp³-hybridized carbons (Fsp3) is 0.407. The zero-order chi connectivity index (χ0) is 24.9. The molecule has 0 bridgehead atoms. The SMILES string of the molecule is c1ccc2c(O[C@H]3CC[C@@H](Nc4ncc(OCc5ncco5)cn4)CC3)nc(N3CCOCC3)cc2c1. The first-order valence-corrected chi connectivity index (χ1v) is 12.8. The number of hydrogen-bond acceptors (Lipinski definition) is 10. The Labute approximate surface area is 215 Å². The molecule has 0 amide bonds. The highest BCUT2D eigenvalue weighted by Gasteiger charge is 2.25.